The minimum Gasteiger partial charge on any atom is -0.484 e. The lowest BCUT2D eigenvalue weighted by Crippen LogP contribution is -2.28. The van der Waals surface area contributed by atoms with Crippen LogP contribution in [0.1, 0.15) is 18.4 Å². The van der Waals surface area contributed by atoms with Crippen molar-refractivity contribution >= 4 is 29.3 Å². The molecule has 0 aromatic heterocycles. The summed E-state index contributed by atoms with van der Waals surface area (Å²) in [5.41, 5.74) is 2.26. The second kappa shape index (κ2) is 8.86. The van der Waals surface area contributed by atoms with Crippen molar-refractivity contribution in [1.29, 1.82) is 0 Å². The standard InChI is InChI=1S/C22H23N3O5/c26-20(14-30-19-6-2-4-17(12-19)24-21(27)16-7-8-16)23-13-15-3-1-5-18(11-15)25-9-10-29-22(25)28/h1-6,11-12,16H,7-10,13-14H2,(H,23,26)(H,24,27). The third-order valence-corrected chi connectivity index (χ3v) is 4.89. The van der Waals surface area contributed by atoms with Gasteiger partial charge in [0, 0.05) is 29.9 Å². The maximum Gasteiger partial charge on any atom is 0.414 e. The van der Waals surface area contributed by atoms with E-state index in [4.69, 9.17) is 9.47 Å². The molecule has 3 amide bonds. The summed E-state index contributed by atoms with van der Waals surface area (Å²) in [7, 11) is 0. The van der Waals surface area contributed by atoms with E-state index in [-0.39, 0.29) is 30.4 Å². The third-order valence-electron chi connectivity index (χ3n) is 4.89. The van der Waals surface area contributed by atoms with Crippen LogP contribution in [0.4, 0.5) is 16.2 Å². The van der Waals surface area contributed by atoms with Gasteiger partial charge in [-0.05, 0) is 42.7 Å². The molecule has 2 fully saturated rings. The zero-order chi connectivity index (χ0) is 20.9. The predicted molar refractivity (Wildman–Crippen MR) is 110 cm³/mol. The summed E-state index contributed by atoms with van der Waals surface area (Å²) in [6.07, 6.45) is 1.51. The summed E-state index contributed by atoms with van der Waals surface area (Å²) < 4.78 is 10.5. The summed E-state index contributed by atoms with van der Waals surface area (Å²) >= 11 is 0. The molecule has 2 aliphatic rings. The van der Waals surface area contributed by atoms with Crippen molar-refractivity contribution in [2.75, 3.05) is 30.0 Å². The molecule has 0 unspecified atom stereocenters. The molecule has 0 atom stereocenters. The molecule has 1 saturated heterocycles. The number of amides is 3. The fourth-order valence-electron chi connectivity index (χ4n) is 3.12. The molecule has 1 aliphatic carbocycles. The number of hydrogen-bond donors (Lipinski definition) is 2. The number of nitrogens with zero attached hydrogens (tertiary/aromatic N) is 1. The van der Waals surface area contributed by atoms with Crippen LogP contribution in [0.15, 0.2) is 48.5 Å². The van der Waals surface area contributed by atoms with Gasteiger partial charge in [-0.25, -0.2) is 4.79 Å². The van der Waals surface area contributed by atoms with Crippen LogP contribution in [0.25, 0.3) is 0 Å². The van der Waals surface area contributed by atoms with Gasteiger partial charge in [0.15, 0.2) is 6.61 Å². The predicted octanol–water partition coefficient (Wildman–Crippen LogP) is 2.69. The highest BCUT2D eigenvalue weighted by Crippen LogP contribution is 2.30. The summed E-state index contributed by atoms with van der Waals surface area (Å²) in [4.78, 5) is 37.3. The van der Waals surface area contributed by atoms with Gasteiger partial charge in [-0.3, -0.25) is 14.5 Å². The molecule has 8 heteroatoms. The summed E-state index contributed by atoms with van der Waals surface area (Å²) in [5.74, 6) is 0.381. The minimum absolute atomic E-state index is 0.0225. The summed E-state index contributed by atoms with van der Waals surface area (Å²) in [6, 6.07) is 14.4. The SMILES string of the molecule is O=C(COc1cccc(NC(=O)C2CC2)c1)NCc1cccc(N2CCOC2=O)c1. The first-order valence-corrected chi connectivity index (χ1v) is 9.92. The molecule has 1 aliphatic heterocycles. The van der Waals surface area contributed by atoms with Crippen LogP contribution in [-0.2, 0) is 20.9 Å². The molecule has 2 aromatic carbocycles. The van der Waals surface area contributed by atoms with E-state index in [1.54, 1.807) is 29.2 Å². The van der Waals surface area contributed by atoms with Crippen LogP contribution in [0.3, 0.4) is 0 Å². The molecule has 8 nitrogen and oxygen atoms in total. The number of cyclic esters (lactones) is 1. The quantitative estimate of drug-likeness (QED) is 0.699. The molecule has 2 aromatic rings. The molecule has 1 saturated carbocycles. The van der Waals surface area contributed by atoms with Crippen molar-refractivity contribution in [1.82, 2.24) is 5.32 Å². The van der Waals surface area contributed by atoms with Gasteiger partial charge in [0.25, 0.3) is 5.91 Å². The lowest BCUT2D eigenvalue weighted by molar-refractivity contribution is -0.123. The molecular weight excluding hydrogens is 386 g/mol. The fraction of sp³-hybridized carbons (Fsp3) is 0.318. The highest BCUT2D eigenvalue weighted by Gasteiger charge is 2.29. The molecule has 4 rings (SSSR count). The van der Waals surface area contributed by atoms with Crippen LogP contribution in [0, 0.1) is 5.92 Å². The van der Waals surface area contributed by atoms with Crippen LogP contribution in [0.5, 0.6) is 5.75 Å². The number of carbonyl (C=O) groups is 3. The fourth-order valence-corrected chi connectivity index (χ4v) is 3.12. The Bertz CT molecular complexity index is 957. The number of carbonyl (C=O) groups excluding carboxylic acids is 3. The maximum absolute atomic E-state index is 12.2. The van der Waals surface area contributed by atoms with Gasteiger partial charge in [-0.2, -0.15) is 0 Å². The number of ether oxygens (including phenoxy) is 2. The Morgan fingerprint density at radius 1 is 1.13 bits per heavy atom. The lowest BCUT2D eigenvalue weighted by Gasteiger charge is -2.14. The second-order valence-corrected chi connectivity index (χ2v) is 7.29. The van der Waals surface area contributed by atoms with Gasteiger partial charge in [-0.1, -0.05) is 18.2 Å². The second-order valence-electron chi connectivity index (χ2n) is 7.29. The van der Waals surface area contributed by atoms with Gasteiger partial charge in [-0.15, -0.1) is 0 Å². The number of nitrogens with one attached hydrogen (secondary N) is 2. The molecule has 0 radical (unpaired) electrons. The van der Waals surface area contributed by atoms with Crippen molar-refractivity contribution in [3.8, 4) is 5.75 Å². The van der Waals surface area contributed by atoms with E-state index in [1.165, 1.54) is 0 Å². The van der Waals surface area contributed by atoms with Crippen molar-refractivity contribution in [3.63, 3.8) is 0 Å². The summed E-state index contributed by atoms with van der Waals surface area (Å²) in [5, 5.41) is 5.65. The van der Waals surface area contributed by atoms with Crippen molar-refractivity contribution in [2.45, 2.75) is 19.4 Å². The molecule has 1 heterocycles. The topological polar surface area (TPSA) is 97.0 Å². The largest absolute Gasteiger partial charge is 0.484 e. The first-order chi connectivity index (χ1) is 14.6. The first kappa shape index (κ1) is 19.8. The van der Waals surface area contributed by atoms with E-state index < -0.39 is 0 Å². The lowest BCUT2D eigenvalue weighted by atomic mass is 10.2. The monoisotopic (exact) mass is 409 g/mol. The highest BCUT2D eigenvalue weighted by molar-refractivity contribution is 5.94. The van der Waals surface area contributed by atoms with E-state index >= 15 is 0 Å². The molecule has 0 spiro atoms. The van der Waals surface area contributed by atoms with Crippen LogP contribution in [-0.4, -0.2) is 37.7 Å². The smallest absolute Gasteiger partial charge is 0.414 e. The molecule has 30 heavy (non-hydrogen) atoms. The van der Waals surface area contributed by atoms with Crippen LogP contribution in [0.2, 0.25) is 0 Å². The van der Waals surface area contributed by atoms with E-state index in [0.717, 1.165) is 24.1 Å². The molecular formula is C22H23N3O5. The normalized spacial score (nSPS) is 15.5. The number of rotatable bonds is 8. The van der Waals surface area contributed by atoms with Crippen LogP contribution >= 0.6 is 0 Å². The first-order valence-electron chi connectivity index (χ1n) is 9.92. The van der Waals surface area contributed by atoms with Crippen molar-refractivity contribution < 1.29 is 23.9 Å². The Labute approximate surface area is 174 Å². The third kappa shape index (κ3) is 5.08. The van der Waals surface area contributed by atoms with Crippen molar-refractivity contribution in [2.24, 2.45) is 5.92 Å². The van der Waals surface area contributed by atoms with E-state index in [0.29, 0.717) is 31.1 Å². The van der Waals surface area contributed by atoms with Crippen LogP contribution < -0.4 is 20.3 Å². The Morgan fingerprint density at radius 3 is 2.73 bits per heavy atom. The number of anilines is 2. The van der Waals surface area contributed by atoms with E-state index in [9.17, 15) is 14.4 Å². The minimum atomic E-state index is -0.361. The van der Waals surface area contributed by atoms with Gasteiger partial charge >= 0.3 is 6.09 Å². The number of hydrogen-bond acceptors (Lipinski definition) is 5. The molecule has 0 bridgehead atoms. The average Bonchev–Trinajstić information content (AvgIpc) is 3.52. The van der Waals surface area contributed by atoms with E-state index in [2.05, 4.69) is 10.6 Å². The van der Waals surface area contributed by atoms with Gasteiger partial charge in [0.2, 0.25) is 5.91 Å². The maximum atomic E-state index is 12.2. The Hall–Kier alpha value is -3.55. The average molecular weight is 409 g/mol. The van der Waals surface area contributed by atoms with Gasteiger partial charge in [0.1, 0.15) is 12.4 Å². The van der Waals surface area contributed by atoms with E-state index in [1.807, 2.05) is 24.3 Å². The Morgan fingerprint density at radius 2 is 1.97 bits per heavy atom. The van der Waals surface area contributed by atoms with Gasteiger partial charge in [0.05, 0.1) is 6.54 Å². The zero-order valence-electron chi connectivity index (χ0n) is 16.4. The molecule has 2 N–H and O–H groups in total. The number of benzene rings is 2. The van der Waals surface area contributed by atoms with Gasteiger partial charge < -0.3 is 20.1 Å². The zero-order valence-corrected chi connectivity index (χ0v) is 16.4. The molecule has 156 valence electrons. The Balaban J connectivity index is 1.25. The van der Waals surface area contributed by atoms with Crippen molar-refractivity contribution in [3.05, 3.63) is 54.1 Å². The Kier molecular flexibility index (Phi) is 5.83. The summed E-state index contributed by atoms with van der Waals surface area (Å²) in [6.45, 7) is 1.07. The highest BCUT2D eigenvalue weighted by atomic mass is 16.6.